The molecule has 0 aliphatic rings. The van der Waals surface area contributed by atoms with Gasteiger partial charge in [0.1, 0.15) is 0 Å². The van der Waals surface area contributed by atoms with Crippen molar-refractivity contribution in [1.29, 1.82) is 0 Å². The van der Waals surface area contributed by atoms with Gasteiger partial charge in [-0.25, -0.2) is 0 Å². The van der Waals surface area contributed by atoms with Crippen molar-refractivity contribution in [1.82, 2.24) is 0 Å². The number of carboxylic acids is 1. The van der Waals surface area contributed by atoms with Crippen LogP contribution < -0.4 is 5.11 Å². The van der Waals surface area contributed by atoms with Crippen LogP contribution in [0.15, 0.2) is 0 Å². The molecule has 0 aliphatic heterocycles. The van der Waals surface area contributed by atoms with Crippen molar-refractivity contribution in [3.8, 4) is 0 Å². The number of unbranched alkanes of at least 4 members (excludes halogenated alkanes) is 10. The van der Waals surface area contributed by atoms with Crippen LogP contribution in [0.25, 0.3) is 0 Å². The zero-order chi connectivity index (χ0) is 22.9. The van der Waals surface area contributed by atoms with E-state index in [1.165, 1.54) is 77.0 Å². The van der Waals surface area contributed by atoms with E-state index in [0.29, 0.717) is 12.2 Å². The van der Waals surface area contributed by atoms with Crippen molar-refractivity contribution in [3.63, 3.8) is 0 Å². The summed E-state index contributed by atoms with van der Waals surface area (Å²) in [5.74, 6) is -0.551. The molecule has 0 aromatic carbocycles. The zero-order valence-electron chi connectivity index (χ0n) is 21.0. The summed E-state index contributed by atoms with van der Waals surface area (Å²) in [6.07, 6.45) is 20.3. The second-order valence-electron chi connectivity index (χ2n) is 8.85. The molecular formula is C26H54O2SSn. The fraction of sp³-hybridized carbons (Fsp3) is 0.962. The average molecular weight is 549 g/mol. The molecule has 0 amide bonds. The summed E-state index contributed by atoms with van der Waals surface area (Å²) in [4.78, 5) is 10.8. The maximum atomic E-state index is 10.8. The Morgan fingerprint density at radius 1 is 0.667 bits per heavy atom. The molecule has 180 valence electrons. The van der Waals surface area contributed by atoms with Gasteiger partial charge in [0, 0.05) is 5.97 Å². The molecule has 0 aromatic rings. The zero-order valence-corrected chi connectivity index (χ0v) is 24.7. The van der Waals surface area contributed by atoms with E-state index in [1.54, 1.807) is 13.3 Å². The van der Waals surface area contributed by atoms with Crippen LogP contribution >= 0.6 is 12.6 Å². The quantitative estimate of drug-likeness (QED) is 0.0893. The Kier molecular flexibility index (Phi) is 30.2. The number of hydrogen-bond acceptors (Lipinski definition) is 3. The predicted octanol–water partition coefficient (Wildman–Crippen LogP) is 8.08. The van der Waals surface area contributed by atoms with Gasteiger partial charge in [0.05, 0.1) is 0 Å². The van der Waals surface area contributed by atoms with Crippen LogP contribution in [0.5, 0.6) is 0 Å². The number of carbonyl (C=O) groups is 1. The molecule has 4 heteroatoms. The van der Waals surface area contributed by atoms with Crippen molar-refractivity contribution in [2.75, 3.05) is 5.75 Å². The van der Waals surface area contributed by atoms with E-state index in [4.69, 9.17) is 0 Å². The average Bonchev–Trinajstić information content (AvgIpc) is 2.74. The van der Waals surface area contributed by atoms with E-state index in [-0.39, 0.29) is 5.92 Å². The van der Waals surface area contributed by atoms with Crippen molar-refractivity contribution < 1.29 is 9.90 Å². The Morgan fingerprint density at radius 3 is 1.43 bits per heavy atom. The van der Waals surface area contributed by atoms with Gasteiger partial charge in [0.25, 0.3) is 0 Å². The third-order valence-corrected chi connectivity index (χ3v) is 15.2. The second-order valence-corrected chi connectivity index (χ2v) is 17.9. The third kappa shape index (κ3) is 24.9. The number of aliphatic carboxylic acids is 1. The normalized spacial score (nSPS) is 11.6. The van der Waals surface area contributed by atoms with Crippen molar-refractivity contribution in [3.05, 3.63) is 0 Å². The molecule has 0 saturated carbocycles. The molecule has 0 rings (SSSR count). The number of carboxylic acid groups (broad SMARTS) is 1. The maximum absolute atomic E-state index is 10.8. The number of thiol groups is 1. The van der Waals surface area contributed by atoms with Crippen molar-refractivity contribution in [2.45, 2.75) is 144 Å². The molecule has 0 fully saturated rings. The molecule has 1 unspecified atom stereocenters. The minimum absolute atomic E-state index is 0.285. The van der Waals surface area contributed by atoms with Gasteiger partial charge in [-0.15, -0.1) is 0 Å². The van der Waals surface area contributed by atoms with Gasteiger partial charge in [-0.1, -0.05) is 58.3 Å². The van der Waals surface area contributed by atoms with Crippen LogP contribution in [0.1, 0.15) is 130 Å². The third-order valence-electron chi connectivity index (χ3n) is 5.87. The van der Waals surface area contributed by atoms with Gasteiger partial charge in [-0.05, 0) is 24.5 Å². The van der Waals surface area contributed by atoms with E-state index in [1.807, 2.05) is 0 Å². The second kappa shape index (κ2) is 27.7. The molecule has 1 atom stereocenters. The van der Waals surface area contributed by atoms with Crippen molar-refractivity contribution >= 4 is 38.4 Å². The van der Waals surface area contributed by atoms with Crippen LogP contribution in [0.3, 0.4) is 0 Å². The molecule has 0 spiro atoms. The van der Waals surface area contributed by atoms with Crippen LogP contribution in [0.4, 0.5) is 0 Å². The molecule has 0 heterocycles. The molecule has 0 N–H and O–H groups in total. The minimum atomic E-state index is -0.901. The van der Waals surface area contributed by atoms with Gasteiger partial charge in [0.15, 0.2) is 0 Å². The Balaban J connectivity index is 0. The summed E-state index contributed by atoms with van der Waals surface area (Å²) in [5, 5.41) is 10.8. The molecular weight excluding hydrogens is 495 g/mol. The van der Waals surface area contributed by atoms with Crippen LogP contribution in [-0.4, -0.2) is 31.5 Å². The van der Waals surface area contributed by atoms with Gasteiger partial charge in [-0.3, -0.25) is 0 Å². The summed E-state index contributed by atoms with van der Waals surface area (Å²) >= 11 is 3.24. The molecule has 2 nitrogen and oxygen atoms in total. The molecule has 0 bridgehead atoms. The Labute approximate surface area is 202 Å². The van der Waals surface area contributed by atoms with Gasteiger partial charge in [-0.2, -0.15) is 12.6 Å². The molecule has 30 heavy (non-hydrogen) atoms. The summed E-state index contributed by atoms with van der Waals surface area (Å²) in [6, 6.07) is 0. The van der Waals surface area contributed by atoms with Gasteiger partial charge >= 0.3 is 92.4 Å². The molecule has 0 saturated heterocycles. The molecule has 0 radical (unpaired) electrons. The van der Waals surface area contributed by atoms with E-state index < -0.39 is 25.7 Å². The van der Waals surface area contributed by atoms with E-state index in [9.17, 15) is 9.90 Å². The first-order chi connectivity index (χ1) is 14.6. The fourth-order valence-electron chi connectivity index (χ4n) is 3.72. The molecule has 0 aromatic heterocycles. The van der Waals surface area contributed by atoms with Gasteiger partial charge in [0.2, 0.25) is 0 Å². The summed E-state index contributed by atoms with van der Waals surface area (Å²) in [5.41, 5.74) is 0. The van der Waals surface area contributed by atoms with Crippen LogP contribution in [0, 0.1) is 5.92 Å². The first-order valence-electron chi connectivity index (χ1n) is 13.2. The summed E-state index contributed by atoms with van der Waals surface area (Å²) in [7, 11) is 0. The first-order valence-corrected chi connectivity index (χ1v) is 19.9. The fourth-order valence-corrected chi connectivity index (χ4v) is 13.5. The van der Waals surface area contributed by atoms with Crippen molar-refractivity contribution in [2.24, 2.45) is 5.92 Å². The Bertz CT molecular complexity index is 320. The first kappa shape index (κ1) is 32.8. The summed E-state index contributed by atoms with van der Waals surface area (Å²) in [6.45, 7) is 9.22. The van der Waals surface area contributed by atoms with Crippen LogP contribution in [0.2, 0.25) is 13.3 Å². The number of rotatable bonds is 21. The monoisotopic (exact) mass is 550 g/mol. The predicted molar refractivity (Wildman–Crippen MR) is 139 cm³/mol. The van der Waals surface area contributed by atoms with E-state index in [0.717, 1.165) is 19.3 Å². The topological polar surface area (TPSA) is 40.1 Å². The van der Waals surface area contributed by atoms with E-state index >= 15 is 0 Å². The molecule has 0 aliphatic carbocycles. The Morgan fingerprint density at radius 2 is 1.07 bits per heavy atom. The number of carbonyl (C=O) groups excluding carboxylic acids is 1. The standard InChI is InChI=1S/C14H28O2S.3C4H9.Sn/c1-2-3-4-5-6-7-8-9-10-13(11-12-17)14(15)16;3*1-3-4-2;/h13,17H,2-12H2,1H3,(H,15,16);3*1,3-4H2,2H3;/q;;;;+1/p-1. The Hall–Kier alpha value is 0.619. The summed E-state index contributed by atoms with van der Waals surface area (Å²) < 4.78 is 5.04. The SMILES string of the molecule is CCCCCCCCCCC(CCS)C(=O)[O-].CCC[CH2][Sn+]([CH2]CCC)[CH2]CCC. The van der Waals surface area contributed by atoms with E-state index in [2.05, 4.69) is 40.3 Å². The number of hydrogen-bond donors (Lipinski definition) is 1. The van der Waals surface area contributed by atoms with Crippen LogP contribution in [-0.2, 0) is 4.79 Å². The van der Waals surface area contributed by atoms with Gasteiger partial charge < -0.3 is 9.90 Å².